The van der Waals surface area contributed by atoms with E-state index in [4.69, 9.17) is 4.74 Å². The van der Waals surface area contributed by atoms with Crippen LogP contribution < -0.4 is 5.32 Å². The van der Waals surface area contributed by atoms with Crippen LogP contribution in [0.2, 0.25) is 0 Å². The lowest BCUT2D eigenvalue weighted by atomic mass is 10.2. The fourth-order valence-corrected chi connectivity index (χ4v) is 4.76. The normalized spacial score (nSPS) is 29.3. The molecule has 0 aromatic rings. The summed E-state index contributed by atoms with van der Waals surface area (Å²) in [6, 6.07) is -0.0989. The first-order valence-corrected chi connectivity index (χ1v) is 9.72. The molecule has 2 amide bonds. The first-order chi connectivity index (χ1) is 10.4. The molecule has 1 N–H and O–H groups in total. The van der Waals surface area contributed by atoms with Gasteiger partial charge in [0.25, 0.3) is 0 Å². The Morgan fingerprint density at radius 3 is 2.77 bits per heavy atom. The first-order valence-electron chi connectivity index (χ1n) is 7.90. The van der Waals surface area contributed by atoms with Crippen molar-refractivity contribution in [1.82, 2.24) is 15.1 Å². The number of nitrogens with zero attached hydrogens (tertiary/aromatic N) is 2. The van der Waals surface area contributed by atoms with Gasteiger partial charge >= 0.3 is 6.03 Å². The maximum Gasteiger partial charge on any atom is 0.317 e. The van der Waals surface area contributed by atoms with Crippen molar-refractivity contribution in [1.29, 1.82) is 0 Å². The highest BCUT2D eigenvalue weighted by atomic mass is 32.2. The van der Waals surface area contributed by atoms with E-state index in [2.05, 4.69) is 17.1 Å². The second-order valence-corrected chi connectivity index (χ2v) is 8.46. The van der Waals surface area contributed by atoms with Crippen LogP contribution in [-0.4, -0.2) is 87.7 Å². The molecule has 2 aliphatic rings. The lowest BCUT2D eigenvalue weighted by Gasteiger charge is -2.40. The minimum atomic E-state index is -2.99. The van der Waals surface area contributed by atoms with Gasteiger partial charge in [-0.25, -0.2) is 13.2 Å². The predicted molar refractivity (Wildman–Crippen MR) is 84.7 cm³/mol. The molecule has 2 saturated heterocycles. The highest BCUT2D eigenvalue weighted by molar-refractivity contribution is 7.91. The number of sulfone groups is 1. The average molecular weight is 333 g/mol. The SMILES string of the molecule is COCCN1CCN(C(=O)NC2CCCS(=O)(=O)C2)CC1C. The number of carbonyl (C=O) groups is 1. The van der Waals surface area contributed by atoms with Crippen LogP contribution in [0.1, 0.15) is 19.8 Å². The summed E-state index contributed by atoms with van der Waals surface area (Å²) in [5, 5.41) is 2.89. The van der Waals surface area contributed by atoms with Crippen molar-refractivity contribution in [2.45, 2.75) is 31.8 Å². The average Bonchev–Trinajstić information content (AvgIpc) is 2.44. The Bertz CT molecular complexity index is 482. The number of urea groups is 1. The molecule has 0 saturated carbocycles. The number of carbonyl (C=O) groups excluding carboxylic acids is 1. The Kier molecular flexibility index (Phi) is 6.05. The second-order valence-electron chi connectivity index (χ2n) is 6.23. The Labute approximate surface area is 132 Å². The molecule has 8 heteroatoms. The third-order valence-electron chi connectivity index (χ3n) is 4.43. The Balaban J connectivity index is 1.81. The lowest BCUT2D eigenvalue weighted by molar-refractivity contribution is 0.0706. The molecule has 2 heterocycles. The maximum absolute atomic E-state index is 12.3. The molecule has 2 unspecified atom stereocenters. The van der Waals surface area contributed by atoms with Gasteiger partial charge in [-0.2, -0.15) is 0 Å². The van der Waals surface area contributed by atoms with Gasteiger partial charge in [0, 0.05) is 45.4 Å². The molecule has 2 fully saturated rings. The van der Waals surface area contributed by atoms with Crippen LogP contribution in [0.3, 0.4) is 0 Å². The number of hydrogen-bond acceptors (Lipinski definition) is 5. The van der Waals surface area contributed by atoms with Gasteiger partial charge in [-0.15, -0.1) is 0 Å². The summed E-state index contributed by atoms with van der Waals surface area (Å²) in [5.41, 5.74) is 0. The van der Waals surface area contributed by atoms with Crippen LogP contribution in [0.15, 0.2) is 0 Å². The molecule has 0 spiro atoms. The minimum absolute atomic E-state index is 0.0715. The van der Waals surface area contributed by atoms with E-state index in [-0.39, 0.29) is 29.6 Å². The molecule has 0 radical (unpaired) electrons. The van der Waals surface area contributed by atoms with Gasteiger partial charge in [-0.3, -0.25) is 4.90 Å². The topological polar surface area (TPSA) is 79.0 Å². The smallest absolute Gasteiger partial charge is 0.317 e. The minimum Gasteiger partial charge on any atom is -0.383 e. The van der Waals surface area contributed by atoms with Crippen LogP contribution in [0.5, 0.6) is 0 Å². The van der Waals surface area contributed by atoms with Gasteiger partial charge in [0.1, 0.15) is 0 Å². The molecule has 0 aromatic carbocycles. The van der Waals surface area contributed by atoms with Crippen LogP contribution >= 0.6 is 0 Å². The number of methoxy groups -OCH3 is 1. The maximum atomic E-state index is 12.3. The van der Waals surface area contributed by atoms with Crippen LogP contribution in [0.25, 0.3) is 0 Å². The number of ether oxygens (including phenoxy) is 1. The first kappa shape index (κ1) is 17.5. The van der Waals surface area contributed by atoms with E-state index in [1.54, 1.807) is 12.0 Å². The van der Waals surface area contributed by atoms with Crippen molar-refractivity contribution >= 4 is 15.9 Å². The number of piperazine rings is 1. The van der Waals surface area contributed by atoms with Crippen LogP contribution in [0, 0.1) is 0 Å². The molecule has 7 nitrogen and oxygen atoms in total. The van der Waals surface area contributed by atoms with Crippen molar-refractivity contribution < 1.29 is 17.9 Å². The lowest BCUT2D eigenvalue weighted by Crippen LogP contribution is -2.58. The van der Waals surface area contributed by atoms with Gasteiger partial charge in [0.15, 0.2) is 9.84 Å². The standard InChI is InChI=1S/C14H27N3O4S/c1-12-10-17(6-5-16(12)7-8-21-2)14(18)15-13-4-3-9-22(19,20)11-13/h12-13H,3-11H2,1-2H3,(H,15,18). The summed E-state index contributed by atoms with van der Waals surface area (Å²) in [6.45, 7) is 5.81. The zero-order valence-corrected chi connectivity index (χ0v) is 14.3. The number of amides is 2. The summed E-state index contributed by atoms with van der Waals surface area (Å²) >= 11 is 0. The van der Waals surface area contributed by atoms with Crippen molar-refractivity contribution in [3.63, 3.8) is 0 Å². The van der Waals surface area contributed by atoms with Gasteiger partial charge in [-0.05, 0) is 19.8 Å². The van der Waals surface area contributed by atoms with E-state index in [9.17, 15) is 13.2 Å². The molecular weight excluding hydrogens is 306 g/mol. The molecule has 2 rings (SSSR count). The third-order valence-corrected chi connectivity index (χ3v) is 6.25. The fourth-order valence-electron chi connectivity index (χ4n) is 3.12. The fraction of sp³-hybridized carbons (Fsp3) is 0.929. The summed E-state index contributed by atoms with van der Waals surface area (Å²) in [5.74, 6) is 0.316. The van der Waals surface area contributed by atoms with E-state index in [0.717, 1.165) is 19.5 Å². The van der Waals surface area contributed by atoms with Crippen LogP contribution in [-0.2, 0) is 14.6 Å². The second kappa shape index (κ2) is 7.61. The van der Waals surface area contributed by atoms with E-state index >= 15 is 0 Å². The molecule has 2 aliphatic heterocycles. The van der Waals surface area contributed by atoms with Gasteiger partial charge in [0.2, 0.25) is 0 Å². The Morgan fingerprint density at radius 2 is 2.14 bits per heavy atom. The zero-order valence-electron chi connectivity index (χ0n) is 13.5. The van der Waals surface area contributed by atoms with E-state index in [0.29, 0.717) is 26.1 Å². The molecule has 22 heavy (non-hydrogen) atoms. The highest BCUT2D eigenvalue weighted by Gasteiger charge is 2.30. The number of nitrogens with one attached hydrogen (secondary N) is 1. The van der Waals surface area contributed by atoms with Crippen molar-refractivity contribution in [2.75, 3.05) is 51.4 Å². The third kappa shape index (κ3) is 4.82. The van der Waals surface area contributed by atoms with Crippen molar-refractivity contribution in [3.8, 4) is 0 Å². The predicted octanol–water partition coefficient (Wildman–Crippen LogP) is -0.0743. The summed E-state index contributed by atoms with van der Waals surface area (Å²) in [7, 11) is -1.31. The quantitative estimate of drug-likeness (QED) is 0.779. The zero-order chi connectivity index (χ0) is 16.2. The molecule has 0 aliphatic carbocycles. The van der Waals surface area contributed by atoms with Gasteiger partial charge in [-0.1, -0.05) is 0 Å². The number of rotatable bonds is 4. The summed E-state index contributed by atoms with van der Waals surface area (Å²) in [6.07, 6.45) is 1.38. The summed E-state index contributed by atoms with van der Waals surface area (Å²) in [4.78, 5) is 16.4. The Hall–Kier alpha value is -0.860. The summed E-state index contributed by atoms with van der Waals surface area (Å²) < 4.78 is 28.4. The van der Waals surface area contributed by atoms with Crippen molar-refractivity contribution in [2.24, 2.45) is 0 Å². The molecule has 0 bridgehead atoms. The number of hydrogen-bond donors (Lipinski definition) is 1. The van der Waals surface area contributed by atoms with E-state index < -0.39 is 9.84 Å². The monoisotopic (exact) mass is 333 g/mol. The largest absolute Gasteiger partial charge is 0.383 e. The van der Waals surface area contributed by atoms with Crippen molar-refractivity contribution in [3.05, 3.63) is 0 Å². The Morgan fingerprint density at radius 1 is 1.36 bits per heavy atom. The highest BCUT2D eigenvalue weighted by Crippen LogP contribution is 2.14. The molecule has 0 aromatic heterocycles. The molecule has 2 atom stereocenters. The molecule has 128 valence electrons. The van der Waals surface area contributed by atoms with Gasteiger partial charge < -0.3 is 15.0 Å². The molecular formula is C14H27N3O4S. The van der Waals surface area contributed by atoms with E-state index in [1.165, 1.54) is 0 Å². The van der Waals surface area contributed by atoms with Gasteiger partial charge in [0.05, 0.1) is 18.1 Å². The van der Waals surface area contributed by atoms with E-state index in [1.807, 2.05) is 0 Å². The van der Waals surface area contributed by atoms with Crippen LogP contribution in [0.4, 0.5) is 4.79 Å².